The molecular formula is C21H29ClNO4P. The molecule has 0 fully saturated rings. The van der Waals surface area contributed by atoms with Crippen molar-refractivity contribution in [2.45, 2.75) is 53.0 Å². The van der Waals surface area contributed by atoms with Crippen LogP contribution in [0, 0.1) is 10.8 Å². The normalized spacial score (nSPS) is 22.8. The molecule has 0 aliphatic carbocycles. The molecule has 1 aliphatic rings. The van der Waals surface area contributed by atoms with Crippen molar-refractivity contribution in [1.29, 1.82) is 0 Å². The van der Waals surface area contributed by atoms with Crippen molar-refractivity contribution in [3.05, 3.63) is 35.9 Å². The van der Waals surface area contributed by atoms with Crippen LogP contribution in [0.4, 0.5) is 5.69 Å². The van der Waals surface area contributed by atoms with Gasteiger partial charge in [0.05, 0.1) is 0 Å². The van der Waals surface area contributed by atoms with E-state index in [1.807, 2.05) is 24.3 Å². The van der Waals surface area contributed by atoms with Gasteiger partial charge < -0.3 is 9.84 Å². The lowest BCUT2D eigenvalue weighted by molar-refractivity contribution is 0.128. The number of fused-ring (bicyclic) bond motifs is 3. The fourth-order valence-corrected chi connectivity index (χ4v) is 5.77. The molecule has 1 heterocycles. The third-order valence-electron chi connectivity index (χ3n) is 5.88. The van der Waals surface area contributed by atoms with Gasteiger partial charge in [-0.2, -0.15) is 0 Å². The summed E-state index contributed by atoms with van der Waals surface area (Å²) in [7, 11) is -4.69. The molecule has 0 radical (unpaired) electrons. The van der Waals surface area contributed by atoms with Crippen molar-refractivity contribution in [2.75, 3.05) is 11.2 Å². The molecule has 2 atom stereocenters. The average molecular weight is 426 g/mol. The third-order valence-corrected chi connectivity index (χ3v) is 6.73. The maximum atomic E-state index is 11.5. The van der Waals surface area contributed by atoms with Crippen LogP contribution in [0.2, 0.25) is 0 Å². The number of nitrogens with one attached hydrogen (secondary N) is 1. The summed E-state index contributed by atoms with van der Waals surface area (Å²) < 4.78 is 16.6. The average Bonchev–Trinajstić information content (AvgIpc) is 2.89. The Bertz CT molecular complexity index is 957. The molecule has 3 rings (SSSR count). The van der Waals surface area contributed by atoms with Gasteiger partial charge in [0.1, 0.15) is 5.75 Å². The zero-order valence-electron chi connectivity index (χ0n) is 17.2. The molecule has 7 heteroatoms. The highest BCUT2D eigenvalue weighted by Gasteiger charge is 2.58. The first-order chi connectivity index (χ1) is 12.7. The fourth-order valence-electron chi connectivity index (χ4n) is 4.67. The van der Waals surface area contributed by atoms with E-state index in [0.717, 1.165) is 16.6 Å². The van der Waals surface area contributed by atoms with Crippen LogP contribution in [0.3, 0.4) is 0 Å². The molecule has 154 valence electrons. The van der Waals surface area contributed by atoms with E-state index < -0.39 is 7.82 Å². The largest absolute Gasteiger partial charge is 0.524 e. The van der Waals surface area contributed by atoms with E-state index in [2.05, 4.69) is 46.9 Å². The van der Waals surface area contributed by atoms with Crippen molar-refractivity contribution in [3.63, 3.8) is 0 Å². The summed E-state index contributed by atoms with van der Waals surface area (Å²) in [5.74, 6) is 0.586. The Kier molecular flexibility index (Phi) is 5.08. The quantitative estimate of drug-likeness (QED) is 0.436. The Hall–Kier alpha value is -1.26. The zero-order valence-corrected chi connectivity index (χ0v) is 18.9. The first-order valence-corrected chi connectivity index (χ1v) is 11.4. The minimum Gasteiger partial charge on any atom is -0.404 e. The zero-order chi connectivity index (χ0) is 21.1. The number of anilines is 1. The van der Waals surface area contributed by atoms with Gasteiger partial charge in [-0.25, -0.2) is 4.57 Å². The van der Waals surface area contributed by atoms with Crippen molar-refractivity contribution < 1.29 is 18.9 Å². The van der Waals surface area contributed by atoms with Crippen molar-refractivity contribution >= 4 is 35.9 Å². The molecule has 0 bridgehead atoms. The highest BCUT2D eigenvalue weighted by Crippen LogP contribution is 2.59. The molecule has 2 aromatic carbocycles. The monoisotopic (exact) mass is 425 g/mol. The Morgan fingerprint density at radius 2 is 1.71 bits per heavy atom. The maximum absolute atomic E-state index is 11.5. The van der Waals surface area contributed by atoms with E-state index >= 15 is 0 Å². The summed E-state index contributed by atoms with van der Waals surface area (Å²) >= 11 is 6.73. The number of alkyl halides is 1. The van der Waals surface area contributed by atoms with Gasteiger partial charge in [-0.05, 0) is 21.8 Å². The fraction of sp³-hybridized carbons (Fsp3) is 0.524. The number of hydrogen-bond donors (Lipinski definition) is 3. The van der Waals surface area contributed by atoms with E-state index in [4.69, 9.17) is 16.1 Å². The SMILES string of the molecule is CC(C)(C)C1Nc2cc(OP(=O)(O)O)c3ccccc3c2C1(CCl)C(C)(C)C. The van der Waals surface area contributed by atoms with Crippen molar-refractivity contribution in [3.8, 4) is 5.75 Å². The molecule has 0 spiro atoms. The van der Waals surface area contributed by atoms with Gasteiger partial charge in [-0.3, -0.25) is 9.79 Å². The van der Waals surface area contributed by atoms with Crippen LogP contribution >= 0.6 is 19.4 Å². The van der Waals surface area contributed by atoms with Crippen LogP contribution in [0.1, 0.15) is 47.1 Å². The lowest BCUT2D eigenvalue weighted by atomic mass is 9.56. The standard InChI is InChI=1S/C21H29ClNO4P/c1-19(2,3)18-21(12-22,20(4,5)6)17-14-10-8-7-9-13(14)16(11-15(17)23-18)27-28(24,25)26/h7-11,18,23H,12H2,1-6H3,(H2,24,25,26). The third kappa shape index (κ3) is 3.33. The first-order valence-electron chi connectivity index (χ1n) is 9.36. The Balaban J connectivity index is 2.42. The van der Waals surface area contributed by atoms with Crippen molar-refractivity contribution in [1.82, 2.24) is 0 Å². The second-order valence-corrected chi connectivity index (χ2v) is 11.2. The van der Waals surface area contributed by atoms with E-state index in [1.165, 1.54) is 0 Å². The van der Waals surface area contributed by atoms with E-state index in [-0.39, 0.29) is 28.0 Å². The highest BCUT2D eigenvalue weighted by molar-refractivity contribution is 7.46. The van der Waals surface area contributed by atoms with Crippen LogP contribution in [0.5, 0.6) is 5.75 Å². The first kappa shape index (κ1) is 21.4. The number of benzene rings is 2. The summed E-state index contributed by atoms with van der Waals surface area (Å²) in [4.78, 5) is 18.8. The number of halogens is 1. The lowest BCUT2D eigenvalue weighted by Gasteiger charge is -2.50. The van der Waals surface area contributed by atoms with E-state index in [0.29, 0.717) is 11.3 Å². The molecule has 3 N–H and O–H groups in total. The summed E-state index contributed by atoms with van der Waals surface area (Å²) in [6.45, 7) is 13.1. The van der Waals surface area contributed by atoms with Gasteiger partial charge in [0.25, 0.3) is 0 Å². The summed E-state index contributed by atoms with van der Waals surface area (Å²) in [5, 5.41) is 5.19. The summed E-state index contributed by atoms with van der Waals surface area (Å²) in [6.07, 6.45) is 0. The van der Waals surface area contributed by atoms with E-state index in [9.17, 15) is 14.4 Å². The number of rotatable bonds is 3. The van der Waals surface area contributed by atoms with Gasteiger partial charge in [0.15, 0.2) is 0 Å². The number of phosphoric acid groups is 1. The van der Waals surface area contributed by atoms with Crippen LogP contribution in [-0.2, 0) is 9.98 Å². The highest BCUT2D eigenvalue weighted by atomic mass is 35.5. The molecule has 0 aromatic heterocycles. The molecule has 0 amide bonds. The topological polar surface area (TPSA) is 78.8 Å². The predicted molar refractivity (Wildman–Crippen MR) is 115 cm³/mol. The summed E-state index contributed by atoms with van der Waals surface area (Å²) in [5.41, 5.74) is 1.25. The molecule has 5 nitrogen and oxygen atoms in total. The number of phosphoric ester groups is 1. The Morgan fingerprint density at radius 1 is 1.14 bits per heavy atom. The molecule has 1 aliphatic heterocycles. The molecular weight excluding hydrogens is 397 g/mol. The second kappa shape index (κ2) is 6.63. The molecule has 2 unspecified atom stereocenters. The van der Waals surface area contributed by atoms with Crippen LogP contribution in [0.15, 0.2) is 30.3 Å². The van der Waals surface area contributed by atoms with Gasteiger partial charge in [0, 0.05) is 34.5 Å². The van der Waals surface area contributed by atoms with Gasteiger partial charge in [-0.15, -0.1) is 11.6 Å². The van der Waals surface area contributed by atoms with Crippen LogP contribution < -0.4 is 9.84 Å². The molecule has 28 heavy (non-hydrogen) atoms. The smallest absolute Gasteiger partial charge is 0.404 e. The maximum Gasteiger partial charge on any atom is 0.524 e. The molecule has 0 saturated carbocycles. The minimum absolute atomic E-state index is 0.0289. The second-order valence-electron chi connectivity index (χ2n) is 9.72. The van der Waals surface area contributed by atoms with Crippen LogP contribution in [-0.4, -0.2) is 21.7 Å². The molecule has 0 saturated heterocycles. The minimum atomic E-state index is -4.69. The Labute approximate surface area is 171 Å². The molecule has 2 aromatic rings. The lowest BCUT2D eigenvalue weighted by Crippen LogP contribution is -2.55. The van der Waals surface area contributed by atoms with Gasteiger partial charge >= 0.3 is 7.82 Å². The van der Waals surface area contributed by atoms with Gasteiger partial charge in [-0.1, -0.05) is 65.8 Å². The van der Waals surface area contributed by atoms with E-state index in [1.54, 1.807) is 6.07 Å². The summed E-state index contributed by atoms with van der Waals surface area (Å²) in [6, 6.07) is 9.30. The Morgan fingerprint density at radius 3 is 2.18 bits per heavy atom. The predicted octanol–water partition coefficient (Wildman–Crippen LogP) is 5.67. The van der Waals surface area contributed by atoms with Crippen LogP contribution in [0.25, 0.3) is 10.8 Å². The van der Waals surface area contributed by atoms with Gasteiger partial charge in [0.2, 0.25) is 0 Å². The van der Waals surface area contributed by atoms with Crippen molar-refractivity contribution in [2.24, 2.45) is 10.8 Å². The number of hydrogen-bond acceptors (Lipinski definition) is 3.